The van der Waals surface area contributed by atoms with Crippen molar-refractivity contribution in [3.8, 4) is 0 Å². The van der Waals surface area contributed by atoms with Gasteiger partial charge in [-0.05, 0) is 50.7 Å². The lowest BCUT2D eigenvalue weighted by molar-refractivity contribution is 0.111. The zero-order chi connectivity index (χ0) is 13.5. The zero-order valence-corrected chi connectivity index (χ0v) is 11.8. The minimum atomic E-state index is -0.283. The number of H-pyrrole nitrogens is 1. The molecule has 0 bridgehead atoms. The first-order valence-corrected chi connectivity index (χ1v) is 6.18. The smallest absolute Gasteiger partial charge is 0.178 e. The van der Waals surface area contributed by atoms with E-state index in [4.69, 9.17) is 17.0 Å². The number of halogens is 1. The van der Waals surface area contributed by atoms with E-state index in [0.29, 0.717) is 22.5 Å². The summed E-state index contributed by atoms with van der Waals surface area (Å²) in [6.07, 6.45) is 0. The lowest BCUT2D eigenvalue weighted by Gasteiger charge is -2.26. The molecule has 0 saturated carbocycles. The van der Waals surface area contributed by atoms with E-state index in [2.05, 4.69) is 4.98 Å². The number of fused-ring (bicyclic) bond motifs is 1. The van der Waals surface area contributed by atoms with Gasteiger partial charge in [0.15, 0.2) is 4.77 Å². The average molecular weight is 268 g/mol. The number of rotatable bonds is 3. The highest BCUT2D eigenvalue weighted by Crippen LogP contribution is 2.25. The molecule has 1 N–H and O–H groups in total. The maximum absolute atomic E-state index is 13.5. The Kier molecular flexibility index (Phi) is 3.29. The van der Waals surface area contributed by atoms with Crippen molar-refractivity contribution in [1.82, 2.24) is 9.55 Å². The van der Waals surface area contributed by atoms with Crippen LogP contribution in [0.4, 0.5) is 4.39 Å². The number of aromatic nitrogens is 2. The van der Waals surface area contributed by atoms with Crippen LogP contribution < -0.4 is 0 Å². The molecule has 0 spiro atoms. The van der Waals surface area contributed by atoms with Crippen molar-refractivity contribution in [3.63, 3.8) is 0 Å². The second-order valence-corrected chi connectivity index (χ2v) is 5.52. The van der Waals surface area contributed by atoms with Gasteiger partial charge in [0.25, 0.3) is 0 Å². The molecule has 0 amide bonds. The number of hydrogen-bond acceptors (Lipinski definition) is 2. The van der Waals surface area contributed by atoms with Crippen LogP contribution in [-0.4, -0.2) is 23.3 Å². The van der Waals surface area contributed by atoms with E-state index in [1.165, 1.54) is 6.07 Å². The van der Waals surface area contributed by atoms with Crippen LogP contribution in [0.5, 0.6) is 0 Å². The Morgan fingerprint density at radius 1 is 1.44 bits per heavy atom. The largest absolute Gasteiger partial charge is 0.382 e. The number of nitrogens with zero attached hydrogens (tertiary/aromatic N) is 1. The van der Waals surface area contributed by atoms with Crippen LogP contribution in [0.25, 0.3) is 11.0 Å². The highest BCUT2D eigenvalue weighted by molar-refractivity contribution is 7.71. The Morgan fingerprint density at radius 2 is 2.11 bits per heavy atom. The molecule has 0 unspecified atom stereocenters. The molecule has 1 heterocycles. The van der Waals surface area contributed by atoms with Crippen LogP contribution in [0.1, 0.15) is 19.4 Å². The summed E-state index contributed by atoms with van der Waals surface area (Å²) in [5.74, 6) is -0.226. The van der Waals surface area contributed by atoms with Gasteiger partial charge in [0, 0.05) is 7.11 Å². The van der Waals surface area contributed by atoms with Gasteiger partial charge in [-0.2, -0.15) is 0 Å². The van der Waals surface area contributed by atoms with Crippen LogP contribution in [0.15, 0.2) is 12.1 Å². The van der Waals surface area contributed by atoms with Crippen molar-refractivity contribution in [2.75, 3.05) is 13.7 Å². The third-order valence-corrected chi connectivity index (χ3v) is 3.35. The molecule has 0 aliphatic rings. The predicted molar refractivity (Wildman–Crippen MR) is 73.0 cm³/mol. The van der Waals surface area contributed by atoms with Crippen molar-refractivity contribution in [2.45, 2.75) is 26.3 Å². The van der Waals surface area contributed by atoms with Crippen LogP contribution in [0.2, 0.25) is 0 Å². The number of hydrogen-bond donors (Lipinski definition) is 1. The standard InChI is InChI=1S/C13H17FN2OS/c1-8-5-11-10(6-9(8)14)15-12(18)16(11)13(2,3)7-17-4/h5-6H,7H2,1-4H3,(H,15,18). The first-order chi connectivity index (χ1) is 8.36. The van der Waals surface area contributed by atoms with E-state index in [1.807, 2.05) is 24.5 Å². The zero-order valence-electron chi connectivity index (χ0n) is 11.0. The van der Waals surface area contributed by atoms with Crippen molar-refractivity contribution in [2.24, 2.45) is 0 Å². The van der Waals surface area contributed by atoms with Gasteiger partial charge in [0.2, 0.25) is 0 Å². The predicted octanol–water partition coefficient (Wildman–Crippen LogP) is 3.53. The molecule has 1 aromatic carbocycles. The molecular formula is C13H17FN2OS. The Balaban J connectivity index is 2.75. The summed E-state index contributed by atoms with van der Waals surface area (Å²) >= 11 is 5.33. The Bertz CT molecular complexity index is 642. The van der Waals surface area contributed by atoms with E-state index < -0.39 is 0 Å². The Hall–Kier alpha value is -1.20. The maximum Gasteiger partial charge on any atom is 0.178 e. The first-order valence-electron chi connectivity index (χ1n) is 5.77. The van der Waals surface area contributed by atoms with E-state index in [-0.39, 0.29) is 11.4 Å². The number of nitrogens with one attached hydrogen (secondary N) is 1. The lowest BCUT2D eigenvalue weighted by atomic mass is 10.1. The normalized spacial score (nSPS) is 12.3. The molecule has 0 radical (unpaired) electrons. The monoisotopic (exact) mass is 268 g/mol. The topological polar surface area (TPSA) is 29.9 Å². The van der Waals surface area contributed by atoms with E-state index in [0.717, 1.165) is 5.52 Å². The van der Waals surface area contributed by atoms with Crippen LogP contribution in [0.3, 0.4) is 0 Å². The summed E-state index contributed by atoms with van der Waals surface area (Å²) in [5, 5.41) is 0. The molecule has 0 saturated heterocycles. The molecule has 0 aliphatic heterocycles. The molecule has 2 aromatic rings. The third-order valence-electron chi connectivity index (χ3n) is 3.07. The van der Waals surface area contributed by atoms with Gasteiger partial charge in [-0.25, -0.2) is 4.39 Å². The van der Waals surface area contributed by atoms with E-state index in [1.54, 1.807) is 14.0 Å². The van der Waals surface area contributed by atoms with Crippen molar-refractivity contribution >= 4 is 23.3 Å². The Labute approximate surface area is 111 Å². The van der Waals surface area contributed by atoms with Gasteiger partial charge in [-0.1, -0.05) is 0 Å². The number of methoxy groups -OCH3 is 1. The summed E-state index contributed by atoms with van der Waals surface area (Å²) in [5.41, 5.74) is 1.95. The molecule has 3 nitrogen and oxygen atoms in total. The van der Waals surface area contributed by atoms with Crippen LogP contribution >= 0.6 is 12.2 Å². The number of benzene rings is 1. The number of aromatic amines is 1. The summed E-state index contributed by atoms with van der Waals surface area (Å²) in [6.45, 7) is 6.36. The minimum absolute atomic E-state index is 0.226. The van der Waals surface area contributed by atoms with Gasteiger partial charge in [-0.15, -0.1) is 0 Å². The van der Waals surface area contributed by atoms with Gasteiger partial charge >= 0.3 is 0 Å². The number of imidazole rings is 1. The summed E-state index contributed by atoms with van der Waals surface area (Å²) < 4.78 is 21.3. The lowest BCUT2D eigenvalue weighted by Crippen LogP contribution is -2.31. The minimum Gasteiger partial charge on any atom is -0.382 e. The average Bonchev–Trinajstić information content (AvgIpc) is 2.55. The molecule has 98 valence electrons. The second kappa shape index (κ2) is 4.48. The van der Waals surface area contributed by atoms with Crippen LogP contribution in [0, 0.1) is 17.5 Å². The summed E-state index contributed by atoms with van der Waals surface area (Å²) in [6, 6.07) is 3.30. The first kappa shape index (κ1) is 13.2. The van der Waals surface area contributed by atoms with Gasteiger partial charge in [0.1, 0.15) is 5.82 Å². The van der Waals surface area contributed by atoms with E-state index >= 15 is 0 Å². The highest BCUT2D eigenvalue weighted by Gasteiger charge is 2.23. The molecular weight excluding hydrogens is 251 g/mol. The van der Waals surface area contributed by atoms with Crippen molar-refractivity contribution in [1.29, 1.82) is 0 Å². The molecule has 18 heavy (non-hydrogen) atoms. The molecule has 5 heteroatoms. The SMILES string of the molecule is COCC(C)(C)n1c(=S)[nH]c2cc(F)c(C)cc21. The Morgan fingerprint density at radius 3 is 2.72 bits per heavy atom. The number of ether oxygens (including phenoxy) is 1. The van der Waals surface area contributed by atoms with Crippen LogP contribution in [-0.2, 0) is 10.3 Å². The van der Waals surface area contributed by atoms with Crippen molar-refractivity contribution in [3.05, 3.63) is 28.3 Å². The molecule has 0 fully saturated rings. The summed E-state index contributed by atoms with van der Waals surface area (Å²) in [4.78, 5) is 3.04. The van der Waals surface area contributed by atoms with Crippen molar-refractivity contribution < 1.29 is 9.13 Å². The quantitative estimate of drug-likeness (QED) is 0.863. The maximum atomic E-state index is 13.5. The van der Waals surface area contributed by atoms with Gasteiger partial charge in [-0.3, -0.25) is 0 Å². The summed E-state index contributed by atoms with van der Waals surface area (Å²) in [7, 11) is 1.66. The molecule has 1 aromatic heterocycles. The molecule has 0 atom stereocenters. The fourth-order valence-electron chi connectivity index (χ4n) is 2.25. The molecule has 2 rings (SSSR count). The fraction of sp³-hybridized carbons (Fsp3) is 0.462. The van der Waals surface area contributed by atoms with Gasteiger partial charge < -0.3 is 14.3 Å². The van der Waals surface area contributed by atoms with E-state index in [9.17, 15) is 4.39 Å². The van der Waals surface area contributed by atoms with Gasteiger partial charge in [0.05, 0.1) is 23.2 Å². The second-order valence-electron chi connectivity index (χ2n) is 5.13. The fourth-order valence-corrected chi connectivity index (χ4v) is 2.71. The molecule has 0 aliphatic carbocycles. The number of aryl methyl sites for hydroxylation is 1. The highest BCUT2D eigenvalue weighted by atomic mass is 32.1. The third kappa shape index (κ3) is 2.08.